The van der Waals surface area contributed by atoms with Gasteiger partial charge in [0.25, 0.3) is 5.56 Å². The number of thioether (sulfide) groups is 1. The summed E-state index contributed by atoms with van der Waals surface area (Å²) in [6.07, 6.45) is 1.63. The van der Waals surface area contributed by atoms with Gasteiger partial charge in [-0.2, -0.15) is 0 Å². The quantitative estimate of drug-likeness (QED) is 0.596. The van der Waals surface area contributed by atoms with Gasteiger partial charge in [0.1, 0.15) is 24.6 Å². The molecule has 1 aromatic heterocycles. The Morgan fingerprint density at radius 1 is 1.23 bits per heavy atom. The van der Waals surface area contributed by atoms with Crippen molar-refractivity contribution >= 4 is 23.4 Å². The molecule has 1 saturated carbocycles. The Kier molecular flexibility index (Phi) is 4.23. The van der Waals surface area contributed by atoms with E-state index in [1.165, 1.54) is 16.3 Å². The Morgan fingerprint density at radius 3 is 2.69 bits per heavy atom. The van der Waals surface area contributed by atoms with Crippen molar-refractivity contribution < 1.29 is 14.3 Å². The number of nitrogens with one attached hydrogen (secondary N) is 1. The van der Waals surface area contributed by atoms with Gasteiger partial charge in [-0.1, -0.05) is 0 Å². The second-order valence-electron chi connectivity index (χ2n) is 6.14. The second-order valence-corrected chi connectivity index (χ2v) is 7.19. The fraction of sp³-hybridized carbons (Fsp3) is 0.353. The third kappa shape index (κ3) is 3.10. The number of ether oxygens (including phenoxy) is 2. The summed E-state index contributed by atoms with van der Waals surface area (Å²) in [6.45, 7) is 0.991. The summed E-state index contributed by atoms with van der Waals surface area (Å²) in [5, 5.41) is 0. The lowest BCUT2D eigenvalue weighted by atomic mass is 10.2. The first-order chi connectivity index (χ1) is 12.5. The van der Waals surface area contributed by atoms with Crippen LogP contribution in [0.15, 0.2) is 32.7 Å². The molecule has 2 heterocycles. The fourth-order valence-electron chi connectivity index (χ4n) is 2.87. The van der Waals surface area contributed by atoms with Crippen LogP contribution < -0.4 is 26.5 Å². The van der Waals surface area contributed by atoms with E-state index in [0.29, 0.717) is 24.7 Å². The summed E-state index contributed by atoms with van der Waals surface area (Å²) in [5.41, 5.74) is 4.51. The average molecular weight is 375 g/mol. The number of hydrogen-bond donors (Lipinski definition) is 2. The number of Topliss-reactive ketones (excluding diaryl/α,β-unsaturated/α-hetero) is 1. The van der Waals surface area contributed by atoms with Crippen LogP contribution >= 0.6 is 11.8 Å². The Morgan fingerprint density at radius 2 is 1.96 bits per heavy atom. The molecule has 0 unspecified atom stereocenters. The summed E-state index contributed by atoms with van der Waals surface area (Å²) in [5.74, 6) is 0.861. The van der Waals surface area contributed by atoms with Gasteiger partial charge in [-0.05, 0) is 31.0 Å². The van der Waals surface area contributed by atoms with Crippen LogP contribution in [-0.4, -0.2) is 34.3 Å². The van der Waals surface area contributed by atoms with Crippen LogP contribution in [0.1, 0.15) is 29.2 Å². The van der Waals surface area contributed by atoms with E-state index < -0.39 is 17.0 Å². The number of nitrogen functional groups attached to an aromatic ring is 1. The number of benzene rings is 1. The molecule has 2 aliphatic rings. The molecule has 0 atom stereocenters. The van der Waals surface area contributed by atoms with Crippen molar-refractivity contribution in [3.05, 3.63) is 44.6 Å². The van der Waals surface area contributed by atoms with Crippen LogP contribution in [0.2, 0.25) is 0 Å². The first-order valence-corrected chi connectivity index (χ1v) is 9.23. The van der Waals surface area contributed by atoms with Crippen molar-refractivity contribution in [1.82, 2.24) is 9.55 Å². The number of rotatable bonds is 5. The topological polar surface area (TPSA) is 116 Å². The molecule has 1 aliphatic heterocycles. The first-order valence-electron chi connectivity index (χ1n) is 8.24. The molecule has 9 heteroatoms. The standard InChI is InChI=1S/C17H17N3O5S/c18-15-14(16(22)19-17(23)20(15)9-1-2-9)11(21)8-26-10-3-4-12-13(7-10)25-6-5-24-12/h3-4,7,9H,1-2,5-6,8,18H2,(H,19,22,23). The molecular formula is C17H17N3O5S. The maximum atomic E-state index is 12.6. The molecule has 0 radical (unpaired) electrons. The predicted octanol–water partition coefficient (Wildman–Crippen LogP) is 1.20. The number of fused-ring (bicyclic) bond motifs is 1. The Labute approximate surface area is 152 Å². The van der Waals surface area contributed by atoms with E-state index in [0.717, 1.165) is 17.7 Å². The molecule has 4 rings (SSSR count). The largest absolute Gasteiger partial charge is 0.486 e. The van der Waals surface area contributed by atoms with Crippen LogP contribution in [-0.2, 0) is 0 Å². The fourth-order valence-corrected chi connectivity index (χ4v) is 3.66. The van der Waals surface area contributed by atoms with Gasteiger partial charge >= 0.3 is 5.69 Å². The molecule has 1 aliphatic carbocycles. The molecule has 26 heavy (non-hydrogen) atoms. The number of aromatic nitrogens is 2. The number of anilines is 1. The highest BCUT2D eigenvalue weighted by Crippen LogP contribution is 2.36. The van der Waals surface area contributed by atoms with Crippen molar-refractivity contribution in [3.8, 4) is 11.5 Å². The average Bonchev–Trinajstić information content (AvgIpc) is 3.44. The Balaban J connectivity index is 1.55. The van der Waals surface area contributed by atoms with Gasteiger partial charge in [-0.3, -0.25) is 19.1 Å². The summed E-state index contributed by atoms with van der Waals surface area (Å²) in [7, 11) is 0. The molecule has 1 fully saturated rings. The molecule has 0 bridgehead atoms. The highest BCUT2D eigenvalue weighted by atomic mass is 32.2. The van der Waals surface area contributed by atoms with Gasteiger partial charge in [0.15, 0.2) is 17.3 Å². The minimum atomic E-state index is -0.739. The highest BCUT2D eigenvalue weighted by molar-refractivity contribution is 8.00. The van der Waals surface area contributed by atoms with Crippen molar-refractivity contribution in [2.75, 3.05) is 24.7 Å². The van der Waals surface area contributed by atoms with Crippen LogP contribution in [0, 0.1) is 0 Å². The zero-order chi connectivity index (χ0) is 18.3. The number of carbonyl (C=O) groups excluding carboxylic acids is 1. The number of H-pyrrole nitrogens is 1. The number of hydrogen-bond acceptors (Lipinski definition) is 7. The van der Waals surface area contributed by atoms with E-state index in [1.807, 2.05) is 6.07 Å². The van der Waals surface area contributed by atoms with Gasteiger partial charge in [-0.15, -0.1) is 11.8 Å². The lowest BCUT2D eigenvalue weighted by molar-refractivity contribution is 0.102. The lowest BCUT2D eigenvalue weighted by Gasteiger charge is -2.18. The van der Waals surface area contributed by atoms with Crippen LogP contribution in [0.25, 0.3) is 0 Å². The Hall–Kier alpha value is -2.68. The van der Waals surface area contributed by atoms with E-state index >= 15 is 0 Å². The molecule has 0 spiro atoms. The van der Waals surface area contributed by atoms with E-state index in [9.17, 15) is 14.4 Å². The van der Waals surface area contributed by atoms with Gasteiger partial charge < -0.3 is 15.2 Å². The maximum Gasteiger partial charge on any atom is 0.330 e. The molecule has 2 aromatic rings. The van der Waals surface area contributed by atoms with Gasteiger partial charge in [0.05, 0.1) is 5.75 Å². The molecule has 136 valence electrons. The smallest absolute Gasteiger partial charge is 0.330 e. The Bertz CT molecular complexity index is 993. The normalized spacial score (nSPS) is 15.7. The first kappa shape index (κ1) is 16.8. The predicted molar refractivity (Wildman–Crippen MR) is 96.5 cm³/mol. The molecule has 0 saturated heterocycles. The van der Waals surface area contributed by atoms with Gasteiger partial charge in [0, 0.05) is 10.9 Å². The number of nitrogens with zero attached hydrogens (tertiary/aromatic N) is 1. The zero-order valence-corrected chi connectivity index (χ0v) is 14.6. The molecular weight excluding hydrogens is 358 g/mol. The number of carbonyl (C=O) groups is 1. The minimum Gasteiger partial charge on any atom is -0.486 e. The maximum absolute atomic E-state index is 12.6. The van der Waals surface area contributed by atoms with Crippen molar-refractivity contribution in [3.63, 3.8) is 0 Å². The number of ketones is 1. The summed E-state index contributed by atoms with van der Waals surface area (Å²) in [4.78, 5) is 39.6. The molecule has 8 nitrogen and oxygen atoms in total. The highest BCUT2D eigenvalue weighted by Gasteiger charge is 2.30. The van der Waals surface area contributed by atoms with Crippen LogP contribution in [0.5, 0.6) is 11.5 Å². The number of nitrogens with two attached hydrogens (primary N) is 1. The van der Waals surface area contributed by atoms with Gasteiger partial charge in [0.2, 0.25) is 0 Å². The van der Waals surface area contributed by atoms with Crippen molar-refractivity contribution in [1.29, 1.82) is 0 Å². The van der Waals surface area contributed by atoms with E-state index in [-0.39, 0.29) is 23.2 Å². The summed E-state index contributed by atoms with van der Waals surface area (Å²) in [6, 6.07) is 5.38. The van der Waals surface area contributed by atoms with Crippen LogP contribution in [0.3, 0.4) is 0 Å². The SMILES string of the molecule is Nc1c(C(=O)CSc2ccc3c(c2)OCCO3)c(=O)[nH]c(=O)n1C1CC1. The summed E-state index contributed by atoms with van der Waals surface area (Å²) < 4.78 is 12.3. The molecule has 0 amide bonds. The third-order valence-electron chi connectivity index (χ3n) is 4.26. The van der Waals surface area contributed by atoms with E-state index in [4.69, 9.17) is 15.2 Å². The third-order valence-corrected chi connectivity index (χ3v) is 5.25. The van der Waals surface area contributed by atoms with Crippen molar-refractivity contribution in [2.45, 2.75) is 23.8 Å². The monoisotopic (exact) mass is 375 g/mol. The van der Waals surface area contributed by atoms with Crippen molar-refractivity contribution in [2.24, 2.45) is 0 Å². The van der Waals surface area contributed by atoms with E-state index in [1.54, 1.807) is 12.1 Å². The van der Waals surface area contributed by atoms with Gasteiger partial charge in [-0.25, -0.2) is 4.79 Å². The molecule has 3 N–H and O–H groups in total. The lowest BCUT2D eigenvalue weighted by Crippen LogP contribution is -2.36. The second kappa shape index (κ2) is 6.56. The molecule has 1 aromatic carbocycles. The minimum absolute atomic E-state index is 0.0236. The zero-order valence-electron chi connectivity index (χ0n) is 13.8. The number of aromatic amines is 1. The van der Waals surface area contributed by atoms with Crippen LogP contribution in [0.4, 0.5) is 5.82 Å². The van der Waals surface area contributed by atoms with E-state index in [2.05, 4.69) is 4.98 Å². The summed E-state index contributed by atoms with van der Waals surface area (Å²) >= 11 is 1.27.